The Bertz CT molecular complexity index is 1660. The first-order valence-electron chi connectivity index (χ1n) is 12.6. The summed E-state index contributed by atoms with van der Waals surface area (Å²) in [5.74, 6) is -2.74. The highest BCUT2D eigenvalue weighted by Crippen LogP contribution is 2.63. The van der Waals surface area contributed by atoms with Crippen LogP contribution in [0.2, 0.25) is 5.02 Å². The fourth-order valence-electron chi connectivity index (χ4n) is 6.68. The first-order chi connectivity index (χ1) is 19.0. The molecule has 8 rings (SSSR count). The number of nitrogens with one attached hydrogen (secondary N) is 1. The predicted octanol–water partition coefficient (Wildman–Crippen LogP) is 4.70. The van der Waals surface area contributed by atoms with Crippen LogP contribution in [0.1, 0.15) is 38.5 Å². The minimum atomic E-state index is -1.08. The van der Waals surface area contributed by atoms with E-state index in [9.17, 15) is 14.4 Å². The molecule has 2 heterocycles. The average molecular weight is 533 g/mol. The van der Waals surface area contributed by atoms with Crippen molar-refractivity contribution in [2.45, 2.75) is 11.3 Å². The van der Waals surface area contributed by atoms with E-state index in [1.54, 1.807) is 42.6 Å². The average Bonchev–Trinajstić information content (AvgIpc) is 3.24. The number of imide groups is 1. The number of rotatable bonds is 4. The summed E-state index contributed by atoms with van der Waals surface area (Å²) in [6.45, 7) is 0. The van der Waals surface area contributed by atoms with E-state index in [2.05, 4.69) is 15.5 Å². The van der Waals surface area contributed by atoms with Gasteiger partial charge in [0.15, 0.2) is 0 Å². The Morgan fingerprint density at radius 3 is 2.15 bits per heavy atom. The van der Waals surface area contributed by atoms with Gasteiger partial charge < -0.3 is 0 Å². The van der Waals surface area contributed by atoms with Gasteiger partial charge in [0.25, 0.3) is 5.91 Å². The van der Waals surface area contributed by atoms with Gasteiger partial charge in [-0.15, -0.1) is 0 Å². The molecule has 2 atom stereocenters. The number of para-hydroxylation sites is 1. The summed E-state index contributed by atoms with van der Waals surface area (Å²) in [4.78, 5) is 46.5. The number of anilines is 1. The second kappa shape index (κ2) is 8.71. The van der Waals surface area contributed by atoms with Crippen molar-refractivity contribution in [1.82, 2.24) is 10.4 Å². The molecule has 4 aliphatic rings. The van der Waals surface area contributed by atoms with E-state index in [0.717, 1.165) is 22.3 Å². The molecule has 4 aromatic rings. The second-order valence-corrected chi connectivity index (χ2v) is 10.3. The third-order valence-electron chi connectivity index (χ3n) is 8.15. The fourth-order valence-corrected chi connectivity index (χ4v) is 6.90. The topological polar surface area (TPSA) is 91.7 Å². The number of hydrogen-bond donors (Lipinski definition) is 1. The molecule has 1 N–H and O–H groups in total. The monoisotopic (exact) mass is 532 g/mol. The van der Waals surface area contributed by atoms with Crippen molar-refractivity contribution >= 4 is 41.2 Å². The summed E-state index contributed by atoms with van der Waals surface area (Å²) in [7, 11) is 0. The quantitative estimate of drug-likeness (QED) is 0.234. The number of amides is 3. The normalized spacial score (nSPS) is 24.4. The van der Waals surface area contributed by atoms with Crippen molar-refractivity contribution in [1.29, 1.82) is 0 Å². The predicted molar refractivity (Wildman–Crippen MR) is 147 cm³/mol. The Morgan fingerprint density at radius 1 is 0.872 bits per heavy atom. The molecule has 1 saturated heterocycles. The van der Waals surface area contributed by atoms with Crippen LogP contribution in [0.3, 0.4) is 0 Å². The van der Waals surface area contributed by atoms with E-state index in [-0.39, 0.29) is 17.7 Å². The van der Waals surface area contributed by atoms with Crippen LogP contribution in [0.25, 0.3) is 0 Å². The summed E-state index contributed by atoms with van der Waals surface area (Å²) in [6, 6.07) is 25.8. The van der Waals surface area contributed by atoms with Gasteiger partial charge in [-0.05, 0) is 46.5 Å². The standard InChI is InChI=1S/C31H21ClN4O3/c32-23-11-5-6-12-24(23)36-29(38)26-25-19-7-1-3-9-21(19)31(27(26)30(36)39,22-10-4-2-8-20(22)25)17-34-35-28(37)18-13-15-33-16-14-18/h1-17,25-27H,(H,35,37)/b34-17-/t25?,26-,27-,31?/m0/s1. The van der Waals surface area contributed by atoms with Gasteiger partial charge in [-0.3, -0.25) is 19.4 Å². The van der Waals surface area contributed by atoms with Gasteiger partial charge >= 0.3 is 0 Å². The lowest BCUT2D eigenvalue weighted by Gasteiger charge is -2.52. The first kappa shape index (κ1) is 23.5. The maximum absolute atomic E-state index is 14.3. The first-order valence-corrected chi connectivity index (χ1v) is 13.0. The van der Waals surface area contributed by atoms with E-state index in [0.29, 0.717) is 16.3 Å². The van der Waals surface area contributed by atoms with Crippen LogP contribution in [0.4, 0.5) is 5.69 Å². The molecule has 1 aromatic heterocycles. The van der Waals surface area contributed by atoms with Crippen molar-refractivity contribution < 1.29 is 14.4 Å². The Hall–Kier alpha value is -4.62. The van der Waals surface area contributed by atoms with E-state index < -0.39 is 23.2 Å². The highest BCUT2D eigenvalue weighted by molar-refractivity contribution is 6.36. The molecule has 0 saturated carbocycles. The Labute approximate surface area is 229 Å². The maximum atomic E-state index is 14.3. The summed E-state index contributed by atoms with van der Waals surface area (Å²) in [5, 5.41) is 4.75. The van der Waals surface area contributed by atoms with Crippen molar-refractivity contribution in [3.05, 3.63) is 130 Å². The van der Waals surface area contributed by atoms with Crippen molar-refractivity contribution in [3.8, 4) is 0 Å². The lowest BCUT2D eigenvalue weighted by molar-refractivity contribution is -0.122. The molecule has 0 radical (unpaired) electrons. The van der Waals surface area contributed by atoms with Crippen molar-refractivity contribution in [3.63, 3.8) is 0 Å². The molecule has 1 fully saturated rings. The molecule has 7 nitrogen and oxygen atoms in total. The van der Waals surface area contributed by atoms with Gasteiger partial charge in [0.05, 0.1) is 28.0 Å². The summed E-state index contributed by atoms with van der Waals surface area (Å²) in [5.41, 5.74) is 6.07. The minimum absolute atomic E-state index is 0.286. The van der Waals surface area contributed by atoms with Crippen LogP contribution in [-0.2, 0) is 15.0 Å². The van der Waals surface area contributed by atoms with Gasteiger partial charge in [-0.25, -0.2) is 10.3 Å². The van der Waals surface area contributed by atoms with Gasteiger partial charge in [-0.2, -0.15) is 5.10 Å². The van der Waals surface area contributed by atoms with E-state index >= 15 is 0 Å². The number of hydrogen-bond acceptors (Lipinski definition) is 5. The van der Waals surface area contributed by atoms with Crippen LogP contribution >= 0.6 is 11.6 Å². The molecule has 190 valence electrons. The van der Waals surface area contributed by atoms with Gasteiger partial charge in [-0.1, -0.05) is 72.3 Å². The summed E-state index contributed by atoms with van der Waals surface area (Å²) >= 11 is 6.49. The molecule has 0 unspecified atom stereocenters. The van der Waals surface area contributed by atoms with Crippen molar-refractivity contribution in [2.24, 2.45) is 16.9 Å². The number of aromatic nitrogens is 1. The Morgan fingerprint density at radius 2 is 1.49 bits per heavy atom. The number of carbonyl (C=O) groups excluding carboxylic acids is 3. The zero-order chi connectivity index (χ0) is 26.7. The van der Waals surface area contributed by atoms with Crippen LogP contribution in [0.5, 0.6) is 0 Å². The Kier molecular flexibility index (Phi) is 5.25. The van der Waals surface area contributed by atoms with Gasteiger partial charge in [0, 0.05) is 30.1 Å². The van der Waals surface area contributed by atoms with Crippen molar-refractivity contribution in [2.75, 3.05) is 4.90 Å². The largest absolute Gasteiger partial charge is 0.274 e. The third-order valence-corrected chi connectivity index (χ3v) is 8.47. The SMILES string of the molecule is O=C(N/N=C\C12c3ccccc3C(c3ccccc31)[C@@H]1C(=O)N(c3ccccc3Cl)C(=O)[C@H]12)c1ccncc1. The van der Waals surface area contributed by atoms with Gasteiger partial charge in [0.2, 0.25) is 11.8 Å². The molecule has 3 aromatic carbocycles. The molecule has 1 aliphatic heterocycles. The highest BCUT2D eigenvalue weighted by atomic mass is 35.5. The lowest BCUT2D eigenvalue weighted by atomic mass is 9.47. The number of halogens is 1. The zero-order valence-corrected chi connectivity index (χ0v) is 21.2. The number of pyridine rings is 1. The molecule has 0 spiro atoms. The van der Waals surface area contributed by atoms with Gasteiger partial charge in [0.1, 0.15) is 0 Å². The molecule has 3 amide bonds. The van der Waals surface area contributed by atoms with E-state index in [1.165, 1.54) is 17.3 Å². The number of hydrazone groups is 1. The van der Waals surface area contributed by atoms with E-state index in [4.69, 9.17) is 11.6 Å². The maximum Gasteiger partial charge on any atom is 0.271 e. The summed E-state index contributed by atoms with van der Waals surface area (Å²) < 4.78 is 0. The highest BCUT2D eigenvalue weighted by Gasteiger charge is 2.68. The Balaban J connectivity index is 1.43. The van der Waals surface area contributed by atoms with E-state index in [1.807, 2.05) is 48.5 Å². The zero-order valence-electron chi connectivity index (χ0n) is 20.5. The van der Waals surface area contributed by atoms with Crippen LogP contribution in [-0.4, -0.2) is 28.9 Å². The van der Waals surface area contributed by atoms with Crippen LogP contribution < -0.4 is 10.3 Å². The molecule has 3 aliphatic carbocycles. The number of benzene rings is 3. The summed E-state index contributed by atoms with van der Waals surface area (Å²) in [6.07, 6.45) is 4.70. The number of nitrogens with zero attached hydrogens (tertiary/aromatic N) is 3. The molecule has 2 bridgehead atoms. The second-order valence-electron chi connectivity index (χ2n) is 9.92. The molecular weight excluding hydrogens is 512 g/mol. The number of carbonyl (C=O) groups is 3. The van der Waals surface area contributed by atoms with Crippen LogP contribution in [0.15, 0.2) is 102 Å². The minimum Gasteiger partial charge on any atom is -0.274 e. The smallest absolute Gasteiger partial charge is 0.271 e. The molecule has 8 heteroatoms. The molecule has 39 heavy (non-hydrogen) atoms. The third kappa shape index (κ3) is 3.20. The lowest BCUT2D eigenvalue weighted by Crippen LogP contribution is -2.54. The fraction of sp³-hybridized carbons (Fsp3) is 0.129. The van der Waals surface area contributed by atoms with Crippen LogP contribution in [0, 0.1) is 11.8 Å². The molecular formula is C31H21ClN4O3.